The molecule has 0 aliphatic heterocycles. The molecule has 1 aliphatic carbocycles. The molecule has 0 spiro atoms. The third-order valence-electron chi connectivity index (χ3n) is 5.32. The van der Waals surface area contributed by atoms with Crippen molar-refractivity contribution < 1.29 is 20.1 Å². The van der Waals surface area contributed by atoms with E-state index < -0.39 is 0 Å². The third-order valence-corrected chi connectivity index (χ3v) is 5.32. The summed E-state index contributed by atoms with van der Waals surface area (Å²) in [4.78, 5) is 8.61. The van der Waals surface area contributed by atoms with Crippen LogP contribution in [0.15, 0.2) is 109 Å². The monoisotopic (exact) mass is 589 g/mol. The van der Waals surface area contributed by atoms with E-state index in [0.29, 0.717) is 0 Å². The first-order valence-corrected chi connectivity index (χ1v) is 10.3. The molecule has 0 unspecified atom stereocenters. The minimum atomic E-state index is 0. The average Bonchev–Trinajstić information content (AvgIpc) is 3.24. The van der Waals surface area contributed by atoms with Crippen LogP contribution in [0.25, 0.3) is 33.6 Å². The largest absolute Gasteiger partial charge is 0.305 e. The maximum Gasteiger partial charge on any atom is 0.0160 e. The maximum absolute atomic E-state index is 4.39. The van der Waals surface area contributed by atoms with E-state index in [9.17, 15) is 0 Å². The molecule has 5 aromatic rings. The van der Waals surface area contributed by atoms with Crippen molar-refractivity contribution in [2.45, 2.75) is 6.42 Å². The molecule has 0 atom stereocenters. The summed E-state index contributed by atoms with van der Waals surface area (Å²) in [5.74, 6) is 0. The Hall–Kier alpha value is -3.39. The number of nitrogens with zero attached hydrogens (tertiary/aromatic N) is 2. The quantitative estimate of drug-likeness (QED) is 0.211. The van der Waals surface area contributed by atoms with Crippen molar-refractivity contribution in [3.05, 3.63) is 133 Å². The smallest absolute Gasteiger partial charge is 0.0160 e. The van der Waals surface area contributed by atoms with E-state index in [1.165, 1.54) is 22.3 Å². The molecule has 32 heavy (non-hydrogen) atoms. The molecule has 2 nitrogen and oxygen atoms in total. The van der Waals surface area contributed by atoms with E-state index in [-0.39, 0.29) is 20.1 Å². The van der Waals surface area contributed by atoms with Crippen molar-refractivity contribution in [3.63, 3.8) is 0 Å². The van der Waals surface area contributed by atoms with E-state index in [1.807, 2.05) is 66.9 Å². The summed E-state index contributed by atoms with van der Waals surface area (Å²) in [5, 5.41) is 0. The van der Waals surface area contributed by atoms with Gasteiger partial charge in [-0.1, -0.05) is 59.7 Å². The fourth-order valence-electron chi connectivity index (χ4n) is 3.82. The van der Waals surface area contributed by atoms with Crippen molar-refractivity contribution in [1.29, 1.82) is 0 Å². The van der Waals surface area contributed by atoms with Gasteiger partial charge in [-0.15, -0.1) is 65.2 Å². The van der Waals surface area contributed by atoms with Crippen molar-refractivity contribution in [2.24, 2.45) is 0 Å². The van der Waals surface area contributed by atoms with Crippen LogP contribution in [-0.4, -0.2) is 9.97 Å². The zero-order chi connectivity index (χ0) is 20.9. The first-order chi connectivity index (χ1) is 15.4. The molecule has 3 aromatic carbocycles. The van der Waals surface area contributed by atoms with Gasteiger partial charge in [-0.25, -0.2) is 0 Å². The van der Waals surface area contributed by atoms with Crippen molar-refractivity contribution in [3.8, 4) is 33.6 Å². The van der Waals surface area contributed by atoms with Gasteiger partial charge in [0.2, 0.25) is 0 Å². The number of rotatable bonds is 2. The first kappa shape index (κ1) is 21.8. The Morgan fingerprint density at radius 3 is 1.97 bits per heavy atom. The van der Waals surface area contributed by atoms with Gasteiger partial charge in [0, 0.05) is 32.5 Å². The van der Waals surface area contributed by atoms with Crippen LogP contribution < -0.4 is 0 Å². The second-order valence-electron chi connectivity index (χ2n) is 7.33. The van der Waals surface area contributed by atoms with Gasteiger partial charge in [0.25, 0.3) is 0 Å². The number of fused-ring (bicyclic) bond motifs is 3. The summed E-state index contributed by atoms with van der Waals surface area (Å²) in [7, 11) is 0. The summed E-state index contributed by atoms with van der Waals surface area (Å²) < 4.78 is 0. The molecule has 0 saturated carbocycles. The van der Waals surface area contributed by atoms with E-state index >= 15 is 0 Å². The van der Waals surface area contributed by atoms with Crippen molar-refractivity contribution >= 4 is 0 Å². The van der Waals surface area contributed by atoms with Crippen molar-refractivity contribution in [1.82, 2.24) is 9.97 Å². The van der Waals surface area contributed by atoms with Crippen LogP contribution >= 0.6 is 0 Å². The number of benzene rings is 3. The summed E-state index contributed by atoms with van der Waals surface area (Å²) in [6.45, 7) is 0. The average molecular weight is 589 g/mol. The molecule has 1 aliphatic rings. The van der Waals surface area contributed by atoms with Crippen LogP contribution in [0, 0.1) is 12.1 Å². The molecule has 0 N–H and O–H groups in total. The van der Waals surface area contributed by atoms with Gasteiger partial charge in [-0.3, -0.25) is 0 Å². The predicted octanol–water partition coefficient (Wildman–Crippen LogP) is 6.67. The van der Waals surface area contributed by atoms with Gasteiger partial charge in [0.05, 0.1) is 0 Å². The Labute approximate surface area is 202 Å². The number of hydrogen-bond donors (Lipinski definition) is 0. The third kappa shape index (κ3) is 4.75. The first-order valence-electron chi connectivity index (χ1n) is 10.3. The van der Waals surface area contributed by atoms with Crippen LogP contribution in [0.5, 0.6) is 0 Å². The van der Waals surface area contributed by atoms with Crippen LogP contribution in [0.1, 0.15) is 11.1 Å². The Morgan fingerprint density at radius 1 is 0.594 bits per heavy atom. The number of hydrogen-bond acceptors (Lipinski definition) is 2. The van der Waals surface area contributed by atoms with Crippen molar-refractivity contribution in [2.75, 3.05) is 0 Å². The topological polar surface area (TPSA) is 25.8 Å². The molecular weight excluding hydrogens is 569 g/mol. The molecule has 6 rings (SSSR count). The SMILES string of the molecule is [Ir].[c-]1cc2c(cc1-c1ccccn1)Cc1ccccc1-2.[c-]1ccccc1-c1ccccn1. The zero-order valence-corrected chi connectivity index (χ0v) is 19.7. The number of pyridine rings is 2. The molecule has 157 valence electrons. The Kier molecular flexibility index (Phi) is 7.01. The fourth-order valence-corrected chi connectivity index (χ4v) is 3.82. The Bertz CT molecular complexity index is 1250. The van der Waals surface area contributed by atoms with Crippen LogP contribution in [0.3, 0.4) is 0 Å². The molecule has 2 heterocycles. The Balaban J connectivity index is 0.000000164. The van der Waals surface area contributed by atoms with Gasteiger partial charge in [0.1, 0.15) is 0 Å². The molecule has 3 heteroatoms. The van der Waals surface area contributed by atoms with Gasteiger partial charge >= 0.3 is 0 Å². The maximum atomic E-state index is 4.39. The standard InChI is InChI=1S/C18H12N.C11H8N.Ir/c1-2-6-16-13(5-1)11-15-12-14(8-9-17(15)16)18-7-3-4-10-19-18;1-2-6-10(7-3-1)11-8-4-5-9-12-11;/h1-7,9-10,12H,11H2;1-6,8-9H;/q2*-1;. The second kappa shape index (κ2) is 10.3. The van der Waals surface area contributed by atoms with Crippen LogP contribution in [0.2, 0.25) is 0 Å². The van der Waals surface area contributed by atoms with Gasteiger partial charge in [0.15, 0.2) is 0 Å². The minimum Gasteiger partial charge on any atom is -0.305 e. The Morgan fingerprint density at radius 2 is 1.28 bits per heavy atom. The molecular formula is C29H20IrN2-2. The van der Waals surface area contributed by atoms with E-state index in [1.54, 1.807) is 6.20 Å². The normalized spacial score (nSPS) is 10.8. The van der Waals surface area contributed by atoms with E-state index in [0.717, 1.165) is 28.9 Å². The van der Waals surface area contributed by atoms with Crippen LogP contribution in [0.4, 0.5) is 0 Å². The van der Waals surface area contributed by atoms with E-state index in [4.69, 9.17) is 0 Å². The summed E-state index contributed by atoms with van der Waals surface area (Å²) in [6.07, 6.45) is 4.63. The zero-order valence-electron chi connectivity index (χ0n) is 17.3. The summed E-state index contributed by atoms with van der Waals surface area (Å²) in [5.41, 5.74) is 9.52. The molecule has 0 fully saturated rings. The molecule has 0 amide bonds. The molecule has 0 bridgehead atoms. The second-order valence-corrected chi connectivity index (χ2v) is 7.33. The van der Waals surface area contributed by atoms with Gasteiger partial charge in [-0.05, 0) is 35.5 Å². The fraction of sp³-hybridized carbons (Fsp3) is 0.0345. The van der Waals surface area contributed by atoms with Crippen LogP contribution in [-0.2, 0) is 26.5 Å². The summed E-state index contributed by atoms with van der Waals surface area (Å²) in [6, 6.07) is 39.1. The van der Waals surface area contributed by atoms with Gasteiger partial charge in [-0.2, -0.15) is 0 Å². The number of aromatic nitrogens is 2. The minimum absolute atomic E-state index is 0. The molecule has 2 aromatic heterocycles. The molecule has 0 saturated heterocycles. The predicted molar refractivity (Wildman–Crippen MR) is 125 cm³/mol. The summed E-state index contributed by atoms with van der Waals surface area (Å²) >= 11 is 0. The van der Waals surface area contributed by atoms with Gasteiger partial charge < -0.3 is 9.97 Å². The van der Waals surface area contributed by atoms with E-state index in [2.05, 4.69) is 58.5 Å². The molecule has 1 radical (unpaired) electrons.